The third-order valence-corrected chi connectivity index (χ3v) is 7.17. The van der Waals surface area contributed by atoms with Crippen LogP contribution in [0.4, 0.5) is 5.69 Å². The van der Waals surface area contributed by atoms with Crippen LogP contribution >= 0.6 is 0 Å². The fraction of sp³-hybridized carbons (Fsp3) is 0.312. The number of sulfonamides is 2. The maximum absolute atomic E-state index is 12.7. The molecular weight excluding hydrogens is 362 g/mol. The molecule has 0 spiro atoms. The lowest BCUT2D eigenvalue weighted by Crippen LogP contribution is -2.33. The first-order chi connectivity index (χ1) is 11.9. The molecule has 2 aromatic rings. The van der Waals surface area contributed by atoms with E-state index >= 15 is 0 Å². The molecule has 0 bridgehead atoms. The number of hydrogen-bond donors (Lipinski definition) is 2. The number of hydrogen-bond acceptors (Lipinski definition) is 5. The molecule has 1 aromatic carbocycles. The first-order valence-corrected chi connectivity index (χ1v) is 10.9. The fourth-order valence-electron chi connectivity index (χ4n) is 2.85. The average Bonchev–Trinajstić information content (AvgIpc) is 3.08. The summed E-state index contributed by atoms with van der Waals surface area (Å²) >= 11 is 0. The molecule has 0 radical (unpaired) electrons. The van der Waals surface area contributed by atoms with Crippen LogP contribution in [-0.2, 0) is 20.0 Å². The highest BCUT2D eigenvalue weighted by Gasteiger charge is 2.29. The molecule has 1 fully saturated rings. The summed E-state index contributed by atoms with van der Waals surface area (Å²) in [6, 6.07) is 8.56. The lowest BCUT2D eigenvalue weighted by molar-refractivity contribution is 0.548. The van der Waals surface area contributed by atoms with Crippen molar-refractivity contribution in [2.75, 3.05) is 4.72 Å². The quantitative estimate of drug-likeness (QED) is 0.797. The second-order valence-electron chi connectivity index (χ2n) is 5.90. The molecular formula is C16H19N3O4S2. The van der Waals surface area contributed by atoms with Crippen molar-refractivity contribution < 1.29 is 16.8 Å². The highest BCUT2D eigenvalue weighted by molar-refractivity contribution is 7.94. The molecule has 3 rings (SSSR count). The third kappa shape index (κ3) is 4.17. The van der Waals surface area contributed by atoms with E-state index in [0.29, 0.717) is 0 Å². The fourth-order valence-corrected chi connectivity index (χ4v) is 6.04. The molecule has 0 amide bonds. The van der Waals surface area contributed by atoms with Crippen LogP contribution in [0.2, 0.25) is 0 Å². The Morgan fingerprint density at radius 3 is 2.12 bits per heavy atom. The first kappa shape index (κ1) is 17.8. The average molecular weight is 381 g/mol. The summed E-state index contributed by atoms with van der Waals surface area (Å²) in [5.41, 5.74) is 0.262. The van der Waals surface area contributed by atoms with Gasteiger partial charge in [0.05, 0.1) is 11.9 Å². The van der Waals surface area contributed by atoms with Crippen LogP contribution in [0.1, 0.15) is 25.7 Å². The van der Waals surface area contributed by atoms with Crippen LogP contribution in [0, 0.1) is 0 Å². The zero-order chi connectivity index (χ0) is 17.9. The van der Waals surface area contributed by atoms with Crippen LogP contribution in [0.3, 0.4) is 0 Å². The molecule has 1 aliphatic rings. The largest absolute Gasteiger partial charge is 0.278 e. The van der Waals surface area contributed by atoms with E-state index < -0.39 is 20.0 Å². The van der Waals surface area contributed by atoms with Crippen molar-refractivity contribution >= 4 is 25.7 Å². The zero-order valence-electron chi connectivity index (χ0n) is 13.4. The molecule has 0 saturated heterocycles. The summed E-state index contributed by atoms with van der Waals surface area (Å²) in [5, 5.41) is 0. The Kier molecular flexibility index (Phi) is 5.07. The highest BCUT2D eigenvalue weighted by Crippen LogP contribution is 2.25. The number of anilines is 1. The van der Waals surface area contributed by atoms with E-state index in [-0.39, 0.29) is 21.5 Å². The second-order valence-corrected chi connectivity index (χ2v) is 9.23. The Morgan fingerprint density at radius 2 is 1.52 bits per heavy atom. The molecule has 0 atom stereocenters. The van der Waals surface area contributed by atoms with Gasteiger partial charge in [0.2, 0.25) is 10.0 Å². The minimum Gasteiger partial charge on any atom is -0.278 e. The highest BCUT2D eigenvalue weighted by atomic mass is 32.2. The van der Waals surface area contributed by atoms with E-state index in [4.69, 9.17) is 0 Å². The Bertz CT molecular complexity index is 938. The number of aromatic nitrogens is 1. The molecule has 9 heteroatoms. The molecule has 2 N–H and O–H groups in total. The van der Waals surface area contributed by atoms with Crippen molar-refractivity contribution in [3.63, 3.8) is 0 Å². The topological polar surface area (TPSA) is 105 Å². The predicted molar refractivity (Wildman–Crippen MR) is 94.1 cm³/mol. The SMILES string of the molecule is O=S(=O)(Nc1cccnc1)c1ccccc1S(=O)(=O)NC1CCCC1. The van der Waals surface area contributed by atoms with Gasteiger partial charge in [0.1, 0.15) is 9.79 Å². The molecule has 1 aromatic heterocycles. The maximum Gasteiger partial charge on any atom is 0.263 e. The van der Waals surface area contributed by atoms with Gasteiger partial charge in [-0.05, 0) is 37.1 Å². The van der Waals surface area contributed by atoms with Gasteiger partial charge in [-0.15, -0.1) is 0 Å². The van der Waals surface area contributed by atoms with Crippen LogP contribution in [0.15, 0.2) is 58.6 Å². The van der Waals surface area contributed by atoms with Gasteiger partial charge < -0.3 is 0 Å². The monoisotopic (exact) mass is 381 g/mol. The smallest absolute Gasteiger partial charge is 0.263 e. The van der Waals surface area contributed by atoms with Gasteiger partial charge in [-0.3, -0.25) is 9.71 Å². The lowest BCUT2D eigenvalue weighted by atomic mass is 10.3. The van der Waals surface area contributed by atoms with Gasteiger partial charge in [-0.2, -0.15) is 0 Å². The molecule has 25 heavy (non-hydrogen) atoms. The van der Waals surface area contributed by atoms with Crippen LogP contribution in [0.25, 0.3) is 0 Å². The molecule has 0 aliphatic heterocycles. The van der Waals surface area contributed by atoms with Gasteiger partial charge in [0.25, 0.3) is 10.0 Å². The van der Waals surface area contributed by atoms with Gasteiger partial charge in [0.15, 0.2) is 0 Å². The molecule has 1 saturated carbocycles. The Morgan fingerprint density at radius 1 is 0.880 bits per heavy atom. The zero-order valence-corrected chi connectivity index (χ0v) is 15.1. The number of nitrogens with one attached hydrogen (secondary N) is 2. The maximum atomic E-state index is 12.7. The van der Waals surface area contributed by atoms with E-state index in [2.05, 4.69) is 14.4 Å². The van der Waals surface area contributed by atoms with Crippen molar-refractivity contribution in [3.05, 3.63) is 48.8 Å². The minimum atomic E-state index is -4.07. The number of nitrogens with zero attached hydrogens (tertiary/aromatic N) is 1. The van der Waals surface area contributed by atoms with Crippen LogP contribution < -0.4 is 9.44 Å². The Labute approximate surface area is 147 Å². The predicted octanol–water partition coefficient (Wildman–Crippen LogP) is 2.10. The van der Waals surface area contributed by atoms with E-state index in [1.807, 2.05) is 0 Å². The molecule has 1 heterocycles. The first-order valence-electron chi connectivity index (χ1n) is 7.93. The van der Waals surface area contributed by atoms with Gasteiger partial charge >= 0.3 is 0 Å². The van der Waals surface area contributed by atoms with Crippen LogP contribution in [-0.4, -0.2) is 27.9 Å². The van der Waals surface area contributed by atoms with Gasteiger partial charge in [0, 0.05) is 12.2 Å². The van der Waals surface area contributed by atoms with Gasteiger partial charge in [-0.1, -0.05) is 25.0 Å². The van der Waals surface area contributed by atoms with Crippen LogP contribution in [0.5, 0.6) is 0 Å². The Balaban J connectivity index is 1.95. The number of pyridine rings is 1. The minimum absolute atomic E-state index is 0.146. The van der Waals surface area contributed by atoms with Crippen molar-refractivity contribution in [2.24, 2.45) is 0 Å². The van der Waals surface area contributed by atoms with Crippen molar-refractivity contribution in [3.8, 4) is 0 Å². The summed E-state index contributed by atoms with van der Waals surface area (Å²) in [5.74, 6) is 0. The molecule has 0 unspecified atom stereocenters. The summed E-state index contributed by atoms with van der Waals surface area (Å²) in [7, 11) is -8.00. The summed E-state index contributed by atoms with van der Waals surface area (Å²) in [6.07, 6.45) is 6.34. The Hall–Kier alpha value is -1.97. The van der Waals surface area contributed by atoms with Crippen molar-refractivity contribution in [1.82, 2.24) is 9.71 Å². The molecule has 134 valence electrons. The van der Waals surface area contributed by atoms with Crippen molar-refractivity contribution in [1.29, 1.82) is 0 Å². The van der Waals surface area contributed by atoms with Gasteiger partial charge in [-0.25, -0.2) is 21.6 Å². The molecule has 1 aliphatic carbocycles. The summed E-state index contributed by atoms with van der Waals surface area (Å²) < 4.78 is 55.7. The third-order valence-electron chi connectivity index (χ3n) is 4.02. The summed E-state index contributed by atoms with van der Waals surface area (Å²) in [6.45, 7) is 0. The lowest BCUT2D eigenvalue weighted by Gasteiger charge is -2.16. The van der Waals surface area contributed by atoms with E-state index in [1.165, 1.54) is 36.7 Å². The van der Waals surface area contributed by atoms with E-state index in [9.17, 15) is 16.8 Å². The summed E-state index contributed by atoms with van der Waals surface area (Å²) in [4.78, 5) is 3.31. The number of rotatable bonds is 6. The second kappa shape index (κ2) is 7.11. The van der Waals surface area contributed by atoms with E-state index in [1.54, 1.807) is 12.1 Å². The van der Waals surface area contributed by atoms with E-state index in [0.717, 1.165) is 25.7 Å². The number of benzene rings is 1. The molecule has 7 nitrogen and oxygen atoms in total. The van der Waals surface area contributed by atoms with Crippen molar-refractivity contribution in [2.45, 2.75) is 41.5 Å². The standard InChI is InChI=1S/C16H19N3O4S2/c20-24(21,18-13-6-1-2-7-13)15-9-3-4-10-16(15)25(22,23)19-14-8-5-11-17-12-14/h3-5,8-13,18-19H,1-2,6-7H2. The normalized spacial score (nSPS) is 16.0.